The van der Waals surface area contributed by atoms with Crippen LogP contribution in [0.1, 0.15) is 71.0 Å². The van der Waals surface area contributed by atoms with E-state index >= 15 is 0 Å². The van der Waals surface area contributed by atoms with Gasteiger partial charge in [0.2, 0.25) is 0 Å². The minimum Gasteiger partial charge on any atom is -0.307 e. The Morgan fingerprint density at radius 2 is 1.74 bits per heavy atom. The predicted molar refractivity (Wildman–Crippen MR) is 83.5 cm³/mol. The van der Waals surface area contributed by atoms with Crippen molar-refractivity contribution in [1.29, 1.82) is 0 Å². The van der Waals surface area contributed by atoms with E-state index in [1.807, 2.05) is 0 Å². The van der Waals surface area contributed by atoms with Gasteiger partial charge in [0.15, 0.2) is 0 Å². The van der Waals surface area contributed by atoms with E-state index < -0.39 is 0 Å². The lowest BCUT2D eigenvalue weighted by Gasteiger charge is -2.22. The summed E-state index contributed by atoms with van der Waals surface area (Å²) in [6.45, 7) is 11.5. The van der Waals surface area contributed by atoms with Gasteiger partial charge < -0.3 is 5.32 Å². The van der Waals surface area contributed by atoms with E-state index in [1.54, 1.807) is 0 Å². The number of nitrogens with one attached hydrogen (secondary N) is 1. The lowest BCUT2D eigenvalue weighted by atomic mass is 9.86. The molecule has 1 aliphatic rings. The zero-order chi connectivity index (χ0) is 14.0. The maximum absolute atomic E-state index is 3.78. The van der Waals surface area contributed by atoms with Gasteiger partial charge in [0, 0.05) is 12.1 Å². The smallest absolute Gasteiger partial charge is 0.0294 e. The molecule has 0 saturated heterocycles. The van der Waals surface area contributed by atoms with Gasteiger partial charge in [0.05, 0.1) is 0 Å². The Labute approximate surface area is 118 Å². The van der Waals surface area contributed by atoms with Crippen LogP contribution in [0.5, 0.6) is 0 Å². The Balaban J connectivity index is 1.98. The van der Waals surface area contributed by atoms with E-state index in [4.69, 9.17) is 0 Å². The van der Waals surface area contributed by atoms with E-state index in [0.29, 0.717) is 12.1 Å². The Morgan fingerprint density at radius 3 is 2.21 bits per heavy atom. The third-order valence-corrected chi connectivity index (χ3v) is 4.46. The minimum atomic E-state index is 0.246. The van der Waals surface area contributed by atoms with Crippen LogP contribution >= 0.6 is 0 Å². The Hall–Kier alpha value is -0.820. The van der Waals surface area contributed by atoms with Crippen LogP contribution in [0.25, 0.3) is 0 Å². The van der Waals surface area contributed by atoms with Crippen LogP contribution in [0, 0.1) is 5.92 Å². The maximum Gasteiger partial charge on any atom is 0.0294 e. The monoisotopic (exact) mass is 259 g/mol. The lowest BCUT2D eigenvalue weighted by molar-refractivity contribution is 0.449. The van der Waals surface area contributed by atoms with Gasteiger partial charge in [-0.15, -0.1) is 0 Å². The highest BCUT2D eigenvalue weighted by Crippen LogP contribution is 2.28. The molecule has 1 heteroatoms. The van der Waals surface area contributed by atoms with Gasteiger partial charge in [-0.25, -0.2) is 0 Å². The molecule has 0 amide bonds. The van der Waals surface area contributed by atoms with Crippen molar-refractivity contribution in [2.24, 2.45) is 5.92 Å². The van der Waals surface area contributed by atoms with Crippen molar-refractivity contribution >= 4 is 0 Å². The zero-order valence-corrected chi connectivity index (χ0v) is 13.2. The van der Waals surface area contributed by atoms with E-state index in [-0.39, 0.29) is 5.41 Å². The molecule has 1 fully saturated rings. The molecule has 2 rings (SSSR count). The molecular formula is C18H29N. The summed E-state index contributed by atoms with van der Waals surface area (Å²) in [6.07, 6.45) is 4.06. The van der Waals surface area contributed by atoms with Crippen molar-refractivity contribution in [3.63, 3.8) is 0 Å². The molecule has 0 radical (unpaired) electrons. The molecule has 3 unspecified atom stereocenters. The van der Waals surface area contributed by atoms with Gasteiger partial charge in [0.1, 0.15) is 0 Å². The first-order valence-corrected chi connectivity index (χ1v) is 7.73. The average Bonchev–Trinajstić information content (AvgIpc) is 2.74. The summed E-state index contributed by atoms with van der Waals surface area (Å²) in [7, 11) is 0. The SMILES string of the molecule is CC1CCC(NC(C)c2ccc(C(C)(C)C)cc2)C1. The van der Waals surface area contributed by atoms with Crippen molar-refractivity contribution in [3.05, 3.63) is 35.4 Å². The maximum atomic E-state index is 3.78. The van der Waals surface area contributed by atoms with Crippen LogP contribution in [-0.2, 0) is 5.41 Å². The van der Waals surface area contributed by atoms with E-state index in [9.17, 15) is 0 Å². The van der Waals surface area contributed by atoms with Gasteiger partial charge in [-0.05, 0) is 48.6 Å². The molecule has 1 aliphatic carbocycles. The standard InChI is InChI=1S/C18H29N/c1-13-6-11-17(12-13)19-14(2)15-7-9-16(10-8-15)18(3,4)5/h7-10,13-14,17,19H,6,11-12H2,1-5H3. The fourth-order valence-corrected chi connectivity index (χ4v) is 3.08. The fourth-order valence-electron chi connectivity index (χ4n) is 3.08. The molecule has 1 aromatic carbocycles. The van der Waals surface area contributed by atoms with Crippen LogP contribution in [-0.4, -0.2) is 6.04 Å². The normalized spacial score (nSPS) is 25.5. The summed E-state index contributed by atoms with van der Waals surface area (Å²) < 4.78 is 0. The van der Waals surface area contributed by atoms with Crippen LogP contribution in [0.4, 0.5) is 0 Å². The Kier molecular flexibility index (Phi) is 4.35. The van der Waals surface area contributed by atoms with Crippen LogP contribution < -0.4 is 5.32 Å². The van der Waals surface area contributed by atoms with E-state index in [1.165, 1.54) is 30.4 Å². The first-order chi connectivity index (χ1) is 8.86. The number of benzene rings is 1. The molecule has 0 aliphatic heterocycles. The summed E-state index contributed by atoms with van der Waals surface area (Å²) in [4.78, 5) is 0. The van der Waals surface area contributed by atoms with Gasteiger partial charge in [-0.3, -0.25) is 0 Å². The highest BCUT2D eigenvalue weighted by molar-refractivity contribution is 5.29. The van der Waals surface area contributed by atoms with Crippen LogP contribution in [0.15, 0.2) is 24.3 Å². The molecule has 106 valence electrons. The molecule has 0 heterocycles. The van der Waals surface area contributed by atoms with Crippen molar-refractivity contribution < 1.29 is 0 Å². The number of rotatable bonds is 3. The highest BCUT2D eigenvalue weighted by Gasteiger charge is 2.22. The Bertz CT molecular complexity index is 399. The molecule has 1 nitrogen and oxygen atoms in total. The predicted octanol–water partition coefficient (Wildman–Crippen LogP) is 4.82. The molecule has 0 aromatic heterocycles. The molecule has 1 aromatic rings. The fraction of sp³-hybridized carbons (Fsp3) is 0.667. The molecule has 19 heavy (non-hydrogen) atoms. The second-order valence-electron chi connectivity index (χ2n) is 7.38. The van der Waals surface area contributed by atoms with Crippen molar-refractivity contribution in [1.82, 2.24) is 5.32 Å². The molecule has 0 spiro atoms. The highest BCUT2D eigenvalue weighted by atomic mass is 14.9. The van der Waals surface area contributed by atoms with Crippen molar-refractivity contribution in [2.45, 2.75) is 71.4 Å². The third kappa shape index (κ3) is 3.82. The number of hydrogen-bond donors (Lipinski definition) is 1. The topological polar surface area (TPSA) is 12.0 Å². The Morgan fingerprint density at radius 1 is 1.11 bits per heavy atom. The molecule has 1 N–H and O–H groups in total. The van der Waals surface area contributed by atoms with Crippen LogP contribution in [0.3, 0.4) is 0 Å². The van der Waals surface area contributed by atoms with Gasteiger partial charge in [-0.1, -0.05) is 52.0 Å². The third-order valence-electron chi connectivity index (χ3n) is 4.46. The van der Waals surface area contributed by atoms with Gasteiger partial charge in [0.25, 0.3) is 0 Å². The largest absolute Gasteiger partial charge is 0.307 e. The van der Waals surface area contributed by atoms with Crippen LogP contribution in [0.2, 0.25) is 0 Å². The summed E-state index contributed by atoms with van der Waals surface area (Å²) in [5, 5.41) is 3.78. The lowest BCUT2D eigenvalue weighted by Crippen LogP contribution is -2.29. The van der Waals surface area contributed by atoms with Crippen molar-refractivity contribution in [2.75, 3.05) is 0 Å². The number of hydrogen-bond acceptors (Lipinski definition) is 1. The first-order valence-electron chi connectivity index (χ1n) is 7.73. The first kappa shape index (κ1) is 14.6. The zero-order valence-electron chi connectivity index (χ0n) is 13.2. The molecular weight excluding hydrogens is 230 g/mol. The second-order valence-corrected chi connectivity index (χ2v) is 7.38. The second kappa shape index (κ2) is 5.66. The van der Waals surface area contributed by atoms with E-state index in [0.717, 1.165) is 5.92 Å². The molecule has 1 saturated carbocycles. The summed E-state index contributed by atoms with van der Waals surface area (Å²) in [6, 6.07) is 10.3. The minimum absolute atomic E-state index is 0.246. The quantitative estimate of drug-likeness (QED) is 0.820. The average molecular weight is 259 g/mol. The van der Waals surface area contributed by atoms with Gasteiger partial charge in [-0.2, -0.15) is 0 Å². The van der Waals surface area contributed by atoms with Gasteiger partial charge >= 0.3 is 0 Å². The van der Waals surface area contributed by atoms with Crippen molar-refractivity contribution in [3.8, 4) is 0 Å². The summed E-state index contributed by atoms with van der Waals surface area (Å²) in [5.74, 6) is 0.896. The summed E-state index contributed by atoms with van der Waals surface area (Å²) >= 11 is 0. The van der Waals surface area contributed by atoms with E-state index in [2.05, 4.69) is 64.2 Å². The summed E-state index contributed by atoms with van der Waals surface area (Å²) in [5.41, 5.74) is 3.07. The molecule has 3 atom stereocenters. The molecule has 0 bridgehead atoms.